The summed E-state index contributed by atoms with van der Waals surface area (Å²) >= 11 is 0. The summed E-state index contributed by atoms with van der Waals surface area (Å²) in [4.78, 5) is 0. The van der Waals surface area contributed by atoms with E-state index >= 15 is 0 Å². The van der Waals surface area contributed by atoms with Crippen LogP contribution in [0.2, 0.25) is 0 Å². The molecule has 1 fully saturated rings. The van der Waals surface area contributed by atoms with Crippen molar-refractivity contribution in [3.63, 3.8) is 0 Å². The van der Waals surface area contributed by atoms with Crippen LogP contribution in [-0.4, -0.2) is 18.8 Å². The Hall–Kier alpha value is -1.00. The van der Waals surface area contributed by atoms with E-state index in [0.717, 1.165) is 25.5 Å². The van der Waals surface area contributed by atoms with E-state index in [1.54, 1.807) is 0 Å². The highest BCUT2D eigenvalue weighted by atomic mass is 19.1. The van der Waals surface area contributed by atoms with E-state index in [1.807, 2.05) is 0 Å². The lowest BCUT2D eigenvalue weighted by molar-refractivity contribution is 0.0207. The second-order valence-electron chi connectivity index (χ2n) is 4.78. The molecule has 1 atom stereocenters. The second-order valence-corrected chi connectivity index (χ2v) is 4.78. The van der Waals surface area contributed by atoms with Gasteiger partial charge < -0.3 is 10.1 Å². The molecule has 1 aliphatic heterocycles. The van der Waals surface area contributed by atoms with Gasteiger partial charge in [-0.05, 0) is 37.5 Å². The number of halogens is 2. The average molecular weight is 241 g/mol. The van der Waals surface area contributed by atoms with Crippen molar-refractivity contribution in [3.05, 3.63) is 35.4 Å². The number of hydrogen-bond donors (Lipinski definition) is 1. The van der Waals surface area contributed by atoms with Crippen LogP contribution in [0, 0.1) is 11.6 Å². The van der Waals surface area contributed by atoms with Gasteiger partial charge in [0, 0.05) is 25.8 Å². The number of nitrogens with one attached hydrogen (secondary N) is 1. The molecule has 0 aromatic heterocycles. The first-order valence-corrected chi connectivity index (χ1v) is 5.87. The van der Waals surface area contributed by atoms with Gasteiger partial charge in [0.2, 0.25) is 0 Å². The highest BCUT2D eigenvalue weighted by molar-refractivity contribution is 5.17. The van der Waals surface area contributed by atoms with Crippen LogP contribution in [0.15, 0.2) is 18.2 Å². The van der Waals surface area contributed by atoms with E-state index in [0.29, 0.717) is 18.7 Å². The zero-order chi connectivity index (χ0) is 12.3. The maximum absolute atomic E-state index is 12.9. The minimum absolute atomic E-state index is 0.133. The molecular formula is C13H17F2NO. The quantitative estimate of drug-likeness (QED) is 0.875. The number of rotatable bonds is 4. The van der Waals surface area contributed by atoms with Crippen LogP contribution in [0.4, 0.5) is 8.78 Å². The molecule has 1 N–H and O–H groups in total. The summed E-state index contributed by atoms with van der Waals surface area (Å²) in [5.74, 6) is -1.07. The van der Waals surface area contributed by atoms with Gasteiger partial charge in [-0.15, -0.1) is 0 Å². The van der Waals surface area contributed by atoms with Gasteiger partial charge in [-0.1, -0.05) is 0 Å². The normalized spacial score (nSPS) is 24.2. The molecule has 0 amide bonds. The van der Waals surface area contributed by atoms with E-state index in [9.17, 15) is 8.78 Å². The molecule has 2 rings (SSSR count). The molecule has 0 bridgehead atoms. The van der Waals surface area contributed by atoms with Crippen molar-refractivity contribution in [3.8, 4) is 0 Å². The highest BCUT2D eigenvalue weighted by Gasteiger charge is 2.28. The summed E-state index contributed by atoms with van der Waals surface area (Å²) in [7, 11) is 0. The molecule has 0 spiro atoms. The summed E-state index contributed by atoms with van der Waals surface area (Å²) in [5, 5.41) is 3.18. The lowest BCUT2D eigenvalue weighted by atomic mass is 10.0. The second kappa shape index (κ2) is 5.10. The molecule has 17 heavy (non-hydrogen) atoms. The van der Waals surface area contributed by atoms with Gasteiger partial charge in [0.25, 0.3) is 0 Å². The van der Waals surface area contributed by atoms with E-state index in [2.05, 4.69) is 12.2 Å². The zero-order valence-electron chi connectivity index (χ0n) is 9.93. The predicted molar refractivity (Wildman–Crippen MR) is 61.7 cm³/mol. The fourth-order valence-corrected chi connectivity index (χ4v) is 2.16. The van der Waals surface area contributed by atoms with Gasteiger partial charge in [0.1, 0.15) is 11.6 Å². The molecule has 1 aromatic carbocycles. The molecule has 1 unspecified atom stereocenters. The topological polar surface area (TPSA) is 21.3 Å². The van der Waals surface area contributed by atoms with Crippen molar-refractivity contribution >= 4 is 0 Å². The Labute approximate surface area is 100.0 Å². The Morgan fingerprint density at radius 2 is 2.00 bits per heavy atom. The molecule has 94 valence electrons. The van der Waals surface area contributed by atoms with Crippen molar-refractivity contribution in [1.82, 2.24) is 5.32 Å². The molecule has 0 radical (unpaired) electrons. The minimum Gasteiger partial charge on any atom is -0.374 e. The highest BCUT2D eigenvalue weighted by Crippen LogP contribution is 2.24. The Kier molecular flexibility index (Phi) is 3.74. The number of ether oxygens (including phenoxy) is 1. The van der Waals surface area contributed by atoms with Crippen LogP contribution >= 0.6 is 0 Å². The van der Waals surface area contributed by atoms with E-state index in [1.165, 1.54) is 12.1 Å². The van der Waals surface area contributed by atoms with Crippen molar-refractivity contribution in [2.24, 2.45) is 0 Å². The van der Waals surface area contributed by atoms with Gasteiger partial charge in [-0.3, -0.25) is 0 Å². The Morgan fingerprint density at radius 3 is 2.59 bits per heavy atom. The zero-order valence-corrected chi connectivity index (χ0v) is 9.93. The molecule has 0 saturated carbocycles. The van der Waals surface area contributed by atoms with Crippen LogP contribution in [0.25, 0.3) is 0 Å². The monoisotopic (exact) mass is 241 g/mol. The molecule has 1 aromatic rings. The molecule has 1 saturated heterocycles. The third-order valence-corrected chi connectivity index (χ3v) is 3.05. The van der Waals surface area contributed by atoms with Crippen LogP contribution in [0.5, 0.6) is 0 Å². The van der Waals surface area contributed by atoms with Gasteiger partial charge in [0.05, 0.1) is 5.60 Å². The van der Waals surface area contributed by atoms with Crippen molar-refractivity contribution < 1.29 is 13.5 Å². The molecule has 2 nitrogen and oxygen atoms in total. The smallest absolute Gasteiger partial charge is 0.126 e. The van der Waals surface area contributed by atoms with Crippen LogP contribution in [0.1, 0.15) is 25.3 Å². The summed E-state index contributed by atoms with van der Waals surface area (Å²) in [6.45, 7) is 4.00. The van der Waals surface area contributed by atoms with Crippen molar-refractivity contribution in [2.75, 3.05) is 13.2 Å². The Bertz CT molecular complexity index is 369. The molecular weight excluding hydrogens is 224 g/mol. The van der Waals surface area contributed by atoms with E-state index in [4.69, 9.17) is 4.74 Å². The molecule has 4 heteroatoms. The van der Waals surface area contributed by atoms with Gasteiger partial charge in [-0.2, -0.15) is 0 Å². The third kappa shape index (κ3) is 3.48. The first-order chi connectivity index (χ1) is 8.07. The van der Waals surface area contributed by atoms with Gasteiger partial charge in [0.15, 0.2) is 0 Å². The molecule has 1 aliphatic rings. The Morgan fingerprint density at radius 1 is 1.29 bits per heavy atom. The number of benzene rings is 1. The summed E-state index contributed by atoms with van der Waals surface area (Å²) in [5.41, 5.74) is 0.482. The van der Waals surface area contributed by atoms with Crippen LogP contribution < -0.4 is 5.32 Å². The summed E-state index contributed by atoms with van der Waals surface area (Å²) < 4.78 is 31.5. The van der Waals surface area contributed by atoms with Gasteiger partial charge >= 0.3 is 0 Å². The fraction of sp³-hybridized carbons (Fsp3) is 0.538. The van der Waals surface area contributed by atoms with Crippen molar-refractivity contribution in [1.29, 1.82) is 0 Å². The van der Waals surface area contributed by atoms with Crippen LogP contribution in [-0.2, 0) is 11.3 Å². The molecule has 1 heterocycles. The lowest BCUT2D eigenvalue weighted by Crippen LogP contribution is -2.36. The molecule has 0 aliphatic carbocycles. The lowest BCUT2D eigenvalue weighted by Gasteiger charge is -2.23. The van der Waals surface area contributed by atoms with E-state index in [-0.39, 0.29) is 5.60 Å². The summed E-state index contributed by atoms with van der Waals surface area (Å²) in [6.07, 6.45) is 2.10. The SMILES string of the molecule is CC1(CNCc2cc(F)cc(F)c2)CCCO1. The Balaban J connectivity index is 1.85. The van der Waals surface area contributed by atoms with Crippen molar-refractivity contribution in [2.45, 2.75) is 31.9 Å². The standard InChI is InChI=1S/C13H17F2NO/c1-13(3-2-4-17-13)9-16-8-10-5-11(14)7-12(15)6-10/h5-7,16H,2-4,8-9H2,1H3. The first kappa shape index (κ1) is 12.5. The maximum atomic E-state index is 12.9. The largest absolute Gasteiger partial charge is 0.374 e. The number of hydrogen-bond acceptors (Lipinski definition) is 2. The third-order valence-electron chi connectivity index (χ3n) is 3.05. The minimum atomic E-state index is -0.537. The average Bonchev–Trinajstić information content (AvgIpc) is 2.64. The summed E-state index contributed by atoms with van der Waals surface area (Å²) in [6, 6.07) is 3.56. The van der Waals surface area contributed by atoms with E-state index < -0.39 is 11.6 Å². The first-order valence-electron chi connectivity index (χ1n) is 5.87. The predicted octanol–water partition coefficient (Wildman–Crippen LogP) is 2.62. The van der Waals surface area contributed by atoms with Crippen LogP contribution in [0.3, 0.4) is 0 Å². The van der Waals surface area contributed by atoms with Gasteiger partial charge in [-0.25, -0.2) is 8.78 Å². The maximum Gasteiger partial charge on any atom is 0.126 e. The fourth-order valence-electron chi connectivity index (χ4n) is 2.16.